The number of aliphatic carboxylic acids is 6. The van der Waals surface area contributed by atoms with Crippen LogP contribution in [0.15, 0.2) is 6.20 Å². The van der Waals surface area contributed by atoms with E-state index in [4.69, 9.17) is 10.2 Å². The lowest BCUT2D eigenvalue weighted by Crippen LogP contribution is -2.56. The number of urea groups is 1. The van der Waals surface area contributed by atoms with Crippen LogP contribution in [0.5, 0.6) is 0 Å². The molecule has 1 aliphatic rings. The first kappa shape index (κ1) is 42.0. The molecule has 4 atom stereocenters. The normalized spacial score (nSPS) is 17.0. The van der Waals surface area contributed by atoms with Crippen molar-refractivity contribution in [1.29, 1.82) is 0 Å². The van der Waals surface area contributed by atoms with Crippen LogP contribution >= 0.6 is 0 Å². The van der Waals surface area contributed by atoms with E-state index in [1.807, 2.05) is 5.32 Å². The van der Waals surface area contributed by atoms with Crippen LogP contribution in [0.1, 0.15) is 76.3 Å². The summed E-state index contributed by atoms with van der Waals surface area (Å²) in [7, 11) is 0. The van der Waals surface area contributed by atoms with Gasteiger partial charge in [0.15, 0.2) is 5.78 Å². The highest BCUT2D eigenvalue weighted by Crippen LogP contribution is 2.28. The van der Waals surface area contributed by atoms with Crippen molar-refractivity contribution in [2.75, 3.05) is 19.6 Å². The number of ketones is 1. The summed E-state index contributed by atoms with van der Waals surface area (Å²) in [6.45, 7) is -1.60. The molecule has 0 aliphatic heterocycles. The lowest BCUT2D eigenvalue weighted by atomic mass is 9.87. The molecular weight excluding hydrogens is 682 g/mol. The first-order valence-electron chi connectivity index (χ1n) is 16.3. The number of amides is 2. The molecule has 1 aliphatic carbocycles. The van der Waals surface area contributed by atoms with Crippen molar-refractivity contribution in [2.45, 2.75) is 108 Å². The van der Waals surface area contributed by atoms with Crippen LogP contribution in [-0.2, 0) is 46.7 Å². The molecule has 0 spiro atoms. The van der Waals surface area contributed by atoms with Gasteiger partial charge in [-0.1, -0.05) is 30.9 Å². The number of carbonyl (C=O) groups excluding carboxylic acids is 2. The van der Waals surface area contributed by atoms with Crippen molar-refractivity contribution < 1.29 is 69.0 Å². The molecule has 0 radical (unpaired) electrons. The molecule has 1 heterocycles. The number of Topliss-reactive ketones (excluding diaryl/α,β-unsaturated/α-hetero) is 1. The average molecular weight is 728 g/mol. The van der Waals surface area contributed by atoms with E-state index in [0.29, 0.717) is 37.8 Å². The van der Waals surface area contributed by atoms with Crippen LogP contribution < -0.4 is 10.6 Å². The maximum absolute atomic E-state index is 12.6. The zero-order valence-corrected chi connectivity index (χ0v) is 27.9. The highest BCUT2D eigenvalue weighted by Gasteiger charge is 2.37. The number of nitrogens with zero attached hydrogens (tertiary/aromatic N) is 5. The summed E-state index contributed by atoms with van der Waals surface area (Å²) in [5.74, 6) is -7.86. The Morgan fingerprint density at radius 1 is 0.706 bits per heavy atom. The summed E-state index contributed by atoms with van der Waals surface area (Å²) in [6.07, 6.45) is 4.22. The molecule has 51 heavy (non-hydrogen) atoms. The Morgan fingerprint density at radius 2 is 1.24 bits per heavy atom. The minimum Gasteiger partial charge on any atom is -0.481 e. The van der Waals surface area contributed by atoms with Gasteiger partial charge >= 0.3 is 41.8 Å². The van der Waals surface area contributed by atoms with Gasteiger partial charge in [-0.25, -0.2) is 19.1 Å². The fourth-order valence-electron chi connectivity index (χ4n) is 5.99. The molecule has 2 rings (SSSR count). The summed E-state index contributed by atoms with van der Waals surface area (Å²) in [6, 6.07) is -4.96. The number of aromatic nitrogens is 3. The fraction of sp³-hybridized carbons (Fsp3) is 0.667. The quantitative estimate of drug-likeness (QED) is 0.0590. The third-order valence-corrected chi connectivity index (χ3v) is 8.24. The van der Waals surface area contributed by atoms with Gasteiger partial charge in [-0.05, 0) is 32.1 Å². The van der Waals surface area contributed by atoms with Crippen LogP contribution in [0.3, 0.4) is 0 Å². The van der Waals surface area contributed by atoms with Gasteiger partial charge in [0.1, 0.15) is 18.6 Å². The molecule has 1 saturated carbocycles. The SMILES string of the molecule is O=C(O)CC[C@H](NC(=O)N[C@@H](CCCCCC(=O)Cn1cc(CN(CC(=O)O)C2CCCCC2N(CC(=O)O)CC(=O)O)nn1)C(=O)O)C(=O)O. The smallest absolute Gasteiger partial charge is 0.326 e. The fourth-order valence-corrected chi connectivity index (χ4v) is 5.99. The second-order valence-corrected chi connectivity index (χ2v) is 12.3. The average Bonchev–Trinajstić information content (AvgIpc) is 3.46. The van der Waals surface area contributed by atoms with Crippen molar-refractivity contribution in [3.8, 4) is 0 Å². The molecule has 21 heteroatoms. The third-order valence-electron chi connectivity index (χ3n) is 8.24. The van der Waals surface area contributed by atoms with Crippen LogP contribution in [0, 0.1) is 0 Å². The number of hydrogen-bond acceptors (Lipinski definition) is 12. The van der Waals surface area contributed by atoms with Gasteiger partial charge in [0, 0.05) is 31.5 Å². The Labute approximate surface area is 291 Å². The lowest BCUT2D eigenvalue weighted by molar-refractivity contribution is -0.146. The van der Waals surface area contributed by atoms with Crippen molar-refractivity contribution in [3.63, 3.8) is 0 Å². The van der Waals surface area contributed by atoms with Crippen molar-refractivity contribution >= 4 is 47.6 Å². The molecular formula is C30H45N7O14. The molecule has 8 N–H and O–H groups in total. The number of carboxylic acids is 6. The number of carboxylic acid groups (broad SMARTS) is 6. The van der Waals surface area contributed by atoms with Gasteiger partial charge in [0.2, 0.25) is 0 Å². The van der Waals surface area contributed by atoms with E-state index >= 15 is 0 Å². The number of unbranched alkanes of at least 4 members (excludes halogenated alkanes) is 2. The Balaban J connectivity index is 1.90. The van der Waals surface area contributed by atoms with Gasteiger partial charge in [0.25, 0.3) is 0 Å². The van der Waals surface area contributed by atoms with E-state index in [1.165, 1.54) is 15.8 Å². The molecule has 1 aromatic rings. The van der Waals surface area contributed by atoms with Crippen molar-refractivity contribution in [2.24, 2.45) is 0 Å². The van der Waals surface area contributed by atoms with Crippen LogP contribution in [0.25, 0.3) is 0 Å². The predicted molar refractivity (Wildman–Crippen MR) is 170 cm³/mol. The predicted octanol–water partition coefficient (Wildman–Crippen LogP) is -0.463. The summed E-state index contributed by atoms with van der Waals surface area (Å²) in [4.78, 5) is 96.0. The Hall–Kier alpha value is -5.18. The Bertz CT molecular complexity index is 1390. The Kier molecular flexibility index (Phi) is 17.4. The molecule has 2 unspecified atom stereocenters. The maximum Gasteiger partial charge on any atom is 0.326 e. The molecule has 1 aromatic heterocycles. The number of nitrogens with one attached hydrogen (secondary N) is 2. The zero-order chi connectivity index (χ0) is 38.1. The number of hydrogen-bond donors (Lipinski definition) is 8. The molecule has 0 aromatic carbocycles. The standard InChI is InChI=1S/C30H45N7O14/c38-19(6-2-1-3-7-20(28(47)48)31-30(51)32-21(29(49)50)10-11-24(39)40)14-37-13-18(33-34-37)12-35(15-25(41)42)22-8-4-5-9-23(22)36(16-26(43)44)17-27(45)46/h13,20-23H,1-12,14-17H2,(H,39,40)(H,41,42)(H,43,44)(H,45,46)(H,47,48)(H,49,50)(H2,31,32,51)/t20-,21-,22?,23?/m0/s1. The minimum absolute atomic E-state index is 0.00570. The van der Waals surface area contributed by atoms with E-state index in [1.54, 1.807) is 4.90 Å². The van der Waals surface area contributed by atoms with Crippen LogP contribution in [-0.4, -0.2) is 147 Å². The first-order chi connectivity index (χ1) is 24.0. The van der Waals surface area contributed by atoms with Crippen molar-refractivity contribution in [3.05, 3.63) is 11.9 Å². The molecule has 1 fully saturated rings. The summed E-state index contributed by atoms with van der Waals surface area (Å²) < 4.78 is 1.29. The van der Waals surface area contributed by atoms with E-state index < -0.39 is 98.5 Å². The summed E-state index contributed by atoms with van der Waals surface area (Å²) in [5, 5.41) is 67.9. The topological polar surface area (TPSA) is 319 Å². The van der Waals surface area contributed by atoms with Gasteiger partial charge in [-0.15, -0.1) is 5.10 Å². The van der Waals surface area contributed by atoms with Crippen LogP contribution in [0.2, 0.25) is 0 Å². The number of rotatable bonds is 25. The van der Waals surface area contributed by atoms with Gasteiger partial charge in [0.05, 0.1) is 31.5 Å². The molecule has 0 bridgehead atoms. The highest BCUT2D eigenvalue weighted by atomic mass is 16.4. The van der Waals surface area contributed by atoms with Gasteiger partial charge in [-0.2, -0.15) is 0 Å². The molecule has 21 nitrogen and oxygen atoms in total. The Morgan fingerprint density at radius 3 is 1.76 bits per heavy atom. The van der Waals surface area contributed by atoms with Gasteiger partial charge < -0.3 is 41.3 Å². The van der Waals surface area contributed by atoms with E-state index in [0.717, 1.165) is 12.8 Å². The van der Waals surface area contributed by atoms with E-state index in [-0.39, 0.29) is 31.7 Å². The monoisotopic (exact) mass is 727 g/mol. The van der Waals surface area contributed by atoms with Gasteiger partial charge in [-0.3, -0.25) is 33.8 Å². The van der Waals surface area contributed by atoms with E-state index in [9.17, 15) is 58.8 Å². The largest absolute Gasteiger partial charge is 0.481 e. The molecule has 284 valence electrons. The minimum atomic E-state index is -1.53. The number of carbonyl (C=O) groups is 8. The second-order valence-electron chi connectivity index (χ2n) is 12.3. The zero-order valence-electron chi connectivity index (χ0n) is 27.9. The maximum atomic E-state index is 12.6. The second kappa shape index (κ2) is 21.1. The van der Waals surface area contributed by atoms with Crippen molar-refractivity contribution in [1.82, 2.24) is 35.4 Å². The highest BCUT2D eigenvalue weighted by molar-refractivity contribution is 5.86. The third kappa shape index (κ3) is 15.9. The summed E-state index contributed by atoms with van der Waals surface area (Å²) >= 11 is 0. The lowest BCUT2D eigenvalue weighted by Gasteiger charge is -2.43. The first-order valence-corrected chi connectivity index (χ1v) is 16.3. The molecule has 2 amide bonds. The van der Waals surface area contributed by atoms with E-state index in [2.05, 4.69) is 15.6 Å². The summed E-state index contributed by atoms with van der Waals surface area (Å²) in [5.41, 5.74) is 0.351. The van der Waals surface area contributed by atoms with Crippen LogP contribution in [0.4, 0.5) is 4.79 Å². The molecule has 0 saturated heterocycles.